The van der Waals surface area contributed by atoms with Gasteiger partial charge >= 0.3 is 0 Å². The fourth-order valence-corrected chi connectivity index (χ4v) is 5.89. The zero-order valence-corrected chi connectivity index (χ0v) is 26.1. The molecule has 0 radical (unpaired) electrons. The van der Waals surface area contributed by atoms with Gasteiger partial charge in [0.25, 0.3) is 0 Å². The number of carbonyl (C=O) groups excluding carboxylic acids is 1. The fourth-order valence-electron chi connectivity index (χ4n) is 5.28. The second-order valence-corrected chi connectivity index (χ2v) is 14.7. The predicted molar refractivity (Wildman–Crippen MR) is 174 cm³/mol. The average Bonchev–Trinajstić information content (AvgIpc) is 3.58. The summed E-state index contributed by atoms with van der Waals surface area (Å²) in [5.41, 5.74) is 6.52. The molecule has 0 bridgehead atoms. The lowest BCUT2D eigenvalue weighted by Crippen LogP contribution is -2.19. The molecule has 1 amide bonds. The third-order valence-corrected chi connectivity index (χ3v) is 8.23. The molecule has 6 aromatic rings. The Morgan fingerprint density at radius 2 is 1.76 bits per heavy atom. The number of hydrogen-bond donors (Lipinski definition) is 3. The van der Waals surface area contributed by atoms with Crippen molar-refractivity contribution in [2.75, 3.05) is 17.3 Å². The lowest BCUT2D eigenvalue weighted by atomic mass is 9.92. The van der Waals surface area contributed by atoms with Gasteiger partial charge in [0.05, 0.1) is 29.0 Å². The molecule has 1 aromatic carbocycles. The third-order valence-electron chi connectivity index (χ3n) is 7.29. The van der Waals surface area contributed by atoms with Crippen LogP contribution in [0.2, 0.25) is 0 Å². The van der Waals surface area contributed by atoms with Crippen LogP contribution in [-0.4, -0.2) is 56.5 Å². The van der Waals surface area contributed by atoms with Gasteiger partial charge in [-0.25, -0.2) is 22.8 Å². The number of rotatable bonds is 8. The van der Waals surface area contributed by atoms with Crippen LogP contribution >= 0.6 is 0 Å². The van der Waals surface area contributed by atoms with Gasteiger partial charge in [-0.1, -0.05) is 26.8 Å². The Balaban J connectivity index is 1.34. The number of sulfone groups is 1. The van der Waals surface area contributed by atoms with Gasteiger partial charge in [0.2, 0.25) is 5.91 Å². The van der Waals surface area contributed by atoms with Gasteiger partial charge in [0.15, 0.2) is 5.65 Å². The molecule has 0 unspecified atom stereocenters. The van der Waals surface area contributed by atoms with E-state index in [1.165, 1.54) is 18.4 Å². The summed E-state index contributed by atoms with van der Waals surface area (Å²) < 4.78 is 38.0. The molecule has 45 heavy (non-hydrogen) atoms. The molecule has 10 nitrogen and oxygen atoms in total. The molecular weight excluding hydrogens is 593 g/mol. The van der Waals surface area contributed by atoms with Gasteiger partial charge < -0.3 is 10.3 Å². The summed E-state index contributed by atoms with van der Waals surface area (Å²) in [5, 5.41) is 11.9. The normalized spacial score (nSPS) is 12.2. The first-order valence-electron chi connectivity index (χ1n) is 14.4. The van der Waals surface area contributed by atoms with Crippen molar-refractivity contribution < 1.29 is 17.6 Å². The van der Waals surface area contributed by atoms with Gasteiger partial charge in [-0.3, -0.25) is 14.9 Å². The Labute approximate surface area is 259 Å². The highest BCUT2D eigenvalue weighted by atomic mass is 32.2. The maximum Gasteiger partial charge on any atom is 0.224 e. The van der Waals surface area contributed by atoms with Crippen molar-refractivity contribution in [3.8, 4) is 33.6 Å². The minimum absolute atomic E-state index is 0.0644. The largest absolute Gasteiger partial charge is 0.338 e. The first kappa shape index (κ1) is 30.1. The lowest BCUT2D eigenvalue weighted by molar-refractivity contribution is -0.117. The number of aromatic amines is 2. The highest BCUT2D eigenvalue weighted by Gasteiger charge is 2.18. The van der Waals surface area contributed by atoms with E-state index in [2.05, 4.69) is 35.5 Å². The number of carbonyl (C=O) groups is 1. The number of nitrogens with zero attached hydrogens (tertiary/aromatic N) is 4. The van der Waals surface area contributed by atoms with Gasteiger partial charge in [-0.15, -0.1) is 0 Å². The van der Waals surface area contributed by atoms with Crippen LogP contribution in [0.3, 0.4) is 0 Å². The standard InChI is InChI=1S/C33H32FN7O3S/c1-33(2,3)15-29(42)38-24-12-21(16-35-18-24)22-13-27-30(40-41-32(27)37-17-22)28-14-26-25(5-7-36-31(26)39-28)20-9-19(10-23(34)11-20)6-8-45(4,43)44/h5,7,9-14,16-18H,6,8,15H2,1-4H3,(H,36,39)(H,38,42)(H,37,40,41). The Kier molecular flexibility index (Phi) is 7.69. The van der Waals surface area contributed by atoms with E-state index >= 15 is 0 Å². The molecule has 0 aliphatic rings. The maximum atomic E-state index is 14.6. The number of hydrogen-bond acceptors (Lipinski definition) is 7. The zero-order valence-electron chi connectivity index (χ0n) is 25.3. The summed E-state index contributed by atoms with van der Waals surface area (Å²) in [6, 6.07) is 12.2. The second kappa shape index (κ2) is 11.5. The van der Waals surface area contributed by atoms with E-state index in [0.717, 1.165) is 27.5 Å². The van der Waals surface area contributed by atoms with Crippen LogP contribution < -0.4 is 5.32 Å². The van der Waals surface area contributed by atoms with Gasteiger partial charge in [0.1, 0.15) is 21.3 Å². The van der Waals surface area contributed by atoms with E-state index in [4.69, 9.17) is 0 Å². The minimum atomic E-state index is -3.19. The quantitative estimate of drug-likeness (QED) is 0.179. The number of pyridine rings is 3. The van der Waals surface area contributed by atoms with Crippen molar-refractivity contribution in [3.05, 3.63) is 78.6 Å². The molecule has 5 aromatic heterocycles. The molecule has 3 N–H and O–H groups in total. The second-order valence-electron chi connectivity index (χ2n) is 12.5. The molecule has 5 heterocycles. The highest BCUT2D eigenvalue weighted by Crippen LogP contribution is 2.35. The first-order valence-corrected chi connectivity index (χ1v) is 16.4. The summed E-state index contributed by atoms with van der Waals surface area (Å²) in [6.07, 6.45) is 8.44. The van der Waals surface area contributed by atoms with Crippen molar-refractivity contribution in [1.29, 1.82) is 0 Å². The molecule has 6 rings (SSSR count). The van der Waals surface area contributed by atoms with E-state index < -0.39 is 15.7 Å². The monoisotopic (exact) mass is 625 g/mol. The lowest BCUT2D eigenvalue weighted by Gasteiger charge is -2.17. The number of aryl methyl sites for hydroxylation is 1. The number of H-pyrrole nitrogens is 2. The van der Waals surface area contributed by atoms with E-state index in [-0.39, 0.29) is 23.5 Å². The number of amides is 1. The molecule has 0 fully saturated rings. The highest BCUT2D eigenvalue weighted by molar-refractivity contribution is 7.90. The Bertz CT molecular complexity index is 2180. The third kappa shape index (κ3) is 6.91. The predicted octanol–water partition coefficient (Wildman–Crippen LogP) is 6.33. The smallest absolute Gasteiger partial charge is 0.224 e. The summed E-state index contributed by atoms with van der Waals surface area (Å²) in [5.74, 6) is -0.588. The van der Waals surface area contributed by atoms with E-state index in [9.17, 15) is 17.6 Å². The van der Waals surface area contributed by atoms with Crippen LogP contribution in [0.4, 0.5) is 10.1 Å². The van der Waals surface area contributed by atoms with Crippen LogP contribution in [-0.2, 0) is 21.1 Å². The Morgan fingerprint density at radius 1 is 0.956 bits per heavy atom. The number of fused-ring (bicyclic) bond motifs is 2. The van der Waals surface area contributed by atoms with Crippen LogP contribution in [0, 0.1) is 11.2 Å². The van der Waals surface area contributed by atoms with Crippen molar-refractivity contribution in [2.45, 2.75) is 33.6 Å². The molecule has 0 saturated carbocycles. The summed E-state index contributed by atoms with van der Waals surface area (Å²) in [4.78, 5) is 29.2. The van der Waals surface area contributed by atoms with E-state index in [1.54, 1.807) is 30.9 Å². The number of nitrogens with one attached hydrogen (secondary N) is 3. The minimum Gasteiger partial charge on any atom is -0.338 e. The van der Waals surface area contributed by atoms with Crippen LogP contribution in [0.5, 0.6) is 0 Å². The topological polar surface area (TPSA) is 146 Å². The Hall–Kier alpha value is -4.97. The van der Waals surface area contributed by atoms with E-state index in [1.807, 2.05) is 45.0 Å². The van der Waals surface area contributed by atoms with Gasteiger partial charge in [-0.2, -0.15) is 5.10 Å². The maximum absolute atomic E-state index is 14.6. The number of anilines is 1. The molecule has 230 valence electrons. The van der Waals surface area contributed by atoms with Gasteiger partial charge in [-0.05, 0) is 64.9 Å². The molecule has 0 aliphatic heterocycles. The summed E-state index contributed by atoms with van der Waals surface area (Å²) in [7, 11) is -3.19. The molecule has 0 saturated heterocycles. The van der Waals surface area contributed by atoms with Crippen LogP contribution in [0.1, 0.15) is 32.8 Å². The van der Waals surface area contributed by atoms with Crippen molar-refractivity contribution >= 4 is 43.5 Å². The SMILES string of the molecule is CC(C)(C)CC(=O)Nc1cncc(-c2cnc3n[nH]c(-c4cc5c(-c6cc(F)cc(CCS(C)(=O)=O)c6)ccnc5[nH]4)c3c2)c1. The Morgan fingerprint density at radius 3 is 2.53 bits per heavy atom. The first-order chi connectivity index (χ1) is 21.3. The summed E-state index contributed by atoms with van der Waals surface area (Å²) >= 11 is 0. The summed E-state index contributed by atoms with van der Waals surface area (Å²) in [6.45, 7) is 6.03. The van der Waals surface area contributed by atoms with E-state index in [0.29, 0.717) is 45.9 Å². The molecular formula is C33H32FN7O3S. The van der Waals surface area contributed by atoms with Crippen LogP contribution in [0.25, 0.3) is 55.7 Å². The number of benzene rings is 1. The number of aromatic nitrogens is 6. The average molecular weight is 626 g/mol. The molecule has 0 atom stereocenters. The molecule has 0 spiro atoms. The van der Waals surface area contributed by atoms with Crippen molar-refractivity contribution in [2.24, 2.45) is 5.41 Å². The number of halogens is 1. The van der Waals surface area contributed by atoms with Crippen LogP contribution in [0.15, 0.2) is 67.3 Å². The fraction of sp³-hybridized carbons (Fsp3) is 0.242. The van der Waals surface area contributed by atoms with Crippen molar-refractivity contribution in [3.63, 3.8) is 0 Å². The molecule has 12 heteroatoms. The molecule has 0 aliphatic carbocycles. The van der Waals surface area contributed by atoms with Gasteiger partial charge in [0, 0.05) is 53.2 Å². The zero-order chi connectivity index (χ0) is 31.9. The van der Waals surface area contributed by atoms with Crippen molar-refractivity contribution in [1.82, 2.24) is 30.1 Å².